The van der Waals surface area contributed by atoms with Gasteiger partial charge in [-0.1, -0.05) is 22.9 Å². The zero-order valence-electron chi connectivity index (χ0n) is 12.6. The molecule has 108 valence electrons. The molecule has 0 spiro atoms. The van der Waals surface area contributed by atoms with Crippen LogP contribution in [0.5, 0.6) is 0 Å². The standard InChI is InChI=1S/C16H22BrN3/c1-10(9-18)7-15-12(3)19-20(13(15)4)16-6-5-14(17)8-11(16)2/h5-6,8,10H,7,9,18H2,1-4H3. The van der Waals surface area contributed by atoms with Crippen LogP contribution in [0.1, 0.15) is 29.4 Å². The maximum Gasteiger partial charge on any atom is 0.0678 e. The predicted molar refractivity (Wildman–Crippen MR) is 87.4 cm³/mol. The molecular weight excluding hydrogens is 314 g/mol. The number of nitrogens with zero attached hydrogens (tertiary/aromatic N) is 2. The van der Waals surface area contributed by atoms with Gasteiger partial charge in [-0.25, -0.2) is 4.68 Å². The average Bonchev–Trinajstić information content (AvgIpc) is 2.66. The maximum atomic E-state index is 5.75. The van der Waals surface area contributed by atoms with Gasteiger partial charge in [-0.2, -0.15) is 5.10 Å². The van der Waals surface area contributed by atoms with E-state index in [1.807, 2.05) is 0 Å². The van der Waals surface area contributed by atoms with Crippen LogP contribution in [0.25, 0.3) is 5.69 Å². The number of benzene rings is 1. The molecule has 0 saturated heterocycles. The van der Waals surface area contributed by atoms with Gasteiger partial charge >= 0.3 is 0 Å². The fourth-order valence-corrected chi connectivity index (χ4v) is 2.97. The summed E-state index contributed by atoms with van der Waals surface area (Å²) in [5.41, 5.74) is 11.7. The summed E-state index contributed by atoms with van der Waals surface area (Å²) < 4.78 is 3.15. The minimum Gasteiger partial charge on any atom is -0.330 e. The molecule has 1 aromatic carbocycles. The molecule has 3 nitrogen and oxygen atoms in total. The van der Waals surface area contributed by atoms with Crippen LogP contribution in [0.4, 0.5) is 0 Å². The van der Waals surface area contributed by atoms with Gasteiger partial charge in [0.15, 0.2) is 0 Å². The molecule has 2 aromatic rings. The van der Waals surface area contributed by atoms with Crippen molar-refractivity contribution < 1.29 is 0 Å². The molecule has 1 unspecified atom stereocenters. The first-order valence-corrected chi connectivity index (χ1v) is 7.75. The van der Waals surface area contributed by atoms with Crippen molar-refractivity contribution in [2.24, 2.45) is 11.7 Å². The fourth-order valence-electron chi connectivity index (χ4n) is 2.49. The molecule has 2 N–H and O–H groups in total. The van der Waals surface area contributed by atoms with Gasteiger partial charge in [-0.05, 0) is 69.0 Å². The summed E-state index contributed by atoms with van der Waals surface area (Å²) >= 11 is 3.51. The number of hydrogen-bond acceptors (Lipinski definition) is 2. The summed E-state index contributed by atoms with van der Waals surface area (Å²) in [5, 5.41) is 4.72. The monoisotopic (exact) mass is 335 g/mol. The van der Waals surface area contributed by atoms with E-state index in [0.29, 0.717) is 12.5 Å². The quantitative estimate of drug-likeness (QED) is 0.925. The van der Waals surface area contributed by atoms with Crippen LogP contribution in [0, 0.1) is 26.7 Å². The number of rotatable bonds is 4. The largest absolute Gasteiger partial charge is 0.330 e. The average molecular weight is 336 g/mol. The molecule has 0 amide bonds. The first-order valence-electron chi connectivity index (χ1n) is 6.95. The van der Waals surface area contributed by atoms with Crippen LogP contribution in [0.15, 0.2) is 22.7 Å². The Kier molecular flexibility index (Phi) is 4.66. The molecule has 0 radical (unpaired) electrons. The van der Waals surface area contributed by atoms with E-state index in [-0.39, 0.29) is 0 Å². The van der Waals surface area contributed by atoms with E-state index in [1.54, 1.807) is 0 Å². The molecular formula is C16H22BrN3. The molecule has 0 fully saturated rings. The second-order valence-corrected chi connectivity index (χ2v) is 6.45. The smallest absolute Gasteiger partial charge is 0.0678 e. The molecule has 1 heterocycles. The first kappa shape index (κ1) is 15.3. The third-order valence-corrected chi connectivity index (χ3v) is 4.28. The van der Waals surface area contributed by atoms with Crippen molar-refractivity contribution in [1.29, 1.82) is 0 Å². The molecule has 0 bridgehead atoms. The van der Waals surface area contributed by atoms with Gasteiger partial charge in [0, 0.05) is 10.2 Å². The Labute approximate surface area is 129 Å². The van der Waals surface area contributed by atoms with Crippen molar-refractivity contribution in [3.63, 3.8) is 0 Å². The first-order chi connectivity index (χ1) is 9.43. The minimum atomic E-state index is 0.482. The second kappa shape index (κ2) is 6.10. The van der Waals surface area contributed by atoms with Crippen molar-refractivity contribution >= 4 is 15.9 Å². The van der Waals surface area contributed by atoms with Gasteiger partial charge < -0.3 is 5.73 Å². The highest BCUT2D eigenvalue weighted by Crippen LogP contribution is 2.24. The van der Waals surface area contributed by atoms with Crippen LogP contribution in [0.3, 0.4) is 0 Å². The zero-order chi connectivity index (χ0) is 14.9. The van der Waals surface area contributed by atoms with Crippen molar-refractivity contribution in [1.82, 2.24) is 9.78 Å². The Balaban J connectivity index is 2.46. The molecule has 0 aliphatic carbocycles. The summed E-state index contributed by atoms with van der Waals surface area (Å²) in [6, 6.07) is 6.28. The molecule has 4 heteroatoms. The lowest BCUT2D eigenvalue weighted by molar-refractivity contribution is 0.589. The van der Waals surface area contributed by atoms with E-state index >= 15 is 0 Å². The van der Waals surface area contributed by atoms with Gasteiger partial charge in [0.25, 0.3) is 0 Å². The lowest BCUT2D eigenvalue weighted by atomic mass is 10.00. The highest BCUT2D eigenvalue weighted by molar-refractivity contribution is 9.10. The topological polar surface area (TPSA) is 43.8 Å². The summed E-state index contributed by atoms with van der Waals surface area (Å²) in [7, 11) is 0. The number of aryl methyl sites for hydroxylation is 2. The van der Waals surface area contributed by atoms with Gasteiger partial charge in [0.05, 0.1) is 11.4 Å². The minimum absolute atomic E-state index is 0.482. The van der Waals surface area contributed by atoms with E-state index in [2.05, 4.69) is 66.5 Å². The molecule has 0 aliphatic heterocycles. The fraction of sp³-hybridized carbons (Fsp3) is 0.438. The molecule has 0 saturated carbocycles. The van der Waals surface area contributed by atoms with E-state index < -0.39 is 0 Å². The van der Waals surface area contributed by atoms with Gasteiger partial charge in [-0.15, -0.1) is 0 Å². The van der Waals surface area contributed by atoms with E-state index in [0.717, 1.165) is 22.3 Å². The molecule has 0 aliphatic rings. The second-order valence-electron chi connectivity index (χ2n) is 5.54. The van der Waals surface area contributed by atoms with Crippen molar-refractivity contribution in [3.8, 4) is 5.69 Å². The van der Waals surface area contributed by atoms with Gasteiger partial charge in [0.2, 0.25) is 0 Å². The lowest BCUT2D eigenvalue weighted by Gasteiger charge is -2.11. The third kappa shape index (κ3) is 2.96. The predicted octanol–water partition coefficient (Wildman–Crippen LogP) is 3.70. The van der Waals surface area contributed by atoms with Crippen LogP contribution in [-0.4, -0.2) is 16.3 Å². The number of nitrogens with two attached hydrogens (primary N) is 1. The van der Waals surface area contributed by atoms with Crippen LogP contribution in [-0.2, 0) is 6.42 Å². The molecule has 2 rings (SSSR count). The summed E-state index contributed by atoms with van der Waals surface area (Å²) in [6.07, 6.45) is 0.990. The Bertz CT molecular complexity index is 616. The SMILES string of the molecule is Cc1cc(Br)ccc1-n1nc(C)c(CC(C)CN)c1C. The van der Waals surface area contributed by atoms with Crippen molar-refractivity contribution in [2.45, 2.75) is 34.1 Å². The van der Waals surface area contributed by atoms with Crippen LogP contribution >= 0.6 is 15.9 Å². The normalized spacial score (nSPS) is 12.7. The highest BCUT2D eigenvalue weighted by atomic mass is 79.9. The molecule has 20 heavy (non-hydrogen) atoms. The van der Waals surface area contributed by atoms with Gasteiger partial charge in [-0.3, -0.25) is 0 Å². The van der Waals surface area contributed by atoms with Crippen molar-refractivity contribution in [2.75, 3.05) is 6.54 Å². The number of aromatic nitrogens is 2. The Hall–Kier alpha value is -1.13. The Morgan fingerprint density at radius 2 is 2.00 bits per heavy atom. The van der Waals surface area contributed by atoms with E-state index in [1.165, 1.54) is 16.8 Å². The number of halogens is 1. The van der Waals surface area contributed by atoms with E-state index in [9.17, 15) is 0 Å². The number of hydrogen-bond donors (Lipinski definition) is 1. The van der Waals surface area contributed by atoms with Crippen LogP contribution in [0.2, 0.25) is 0 Å². The molecule has 1 aromatic heterocycles. The van der Waals surface area contributed by atoms with E-state index in [4.69, 9.17) is 10.8 Å². The van der Waals surface area contributed by atoms with Crippen molar-refractivity contribution in [3.05, 3.63) is 45.2 Å². The lowest BCUT2D eigenvalue weighted by Crippen LogP contribution is -2.14. The summed E-state index contributed by atoms with van der Waals surface area (Å²) in [4.78, 5) is 0. The highest BCUT2D eigenvalue weighted by Gasteiger charge is 2.15. The molecule has 1 atom stereocenters. The maximum absolute atomic E-state index is 5.75. The summed E-state index contributed by atoms with van der Waals surface area (Å²) in [5.74, 6) is 0.482. The zero-order valence-corrected chi connectivity index (χ0v) is 14.2. The summed E-state index contributed by atoms with van der Waals surface area (Å²) in [6.45, 7) is 9.22. The Morgan fingerprint density at radius 3 is 2.60 bits per heavy atom. The Morgan fingerprint density at radius 1 is 1.30 bits per heavy atom. The third-order valence-electron chi connectivity index (χ3n) is 3.78. The van der Waals surface area contributed by atoms with Crippen LogP contribution < -0.4 is 5.73 Å². The van der Waals surface area contributed by atoms with Gasteiger partial charge in [0.1, 0.15) is 0 Å².